The smallest absolute Gasteiger partial charge is 0.309 e. The molecule has 0 atom stereocenters. The Morgan fingerprint density at radius 3 is 0.917 bits per heavy atom. The van der Waals surface area contributed by atoms with Crippen LogP contribution < -0.4 is 0 Å². The molecule has 8 heteroatoms. The predicted molar refractivity (Wildman–Crippen MR) is 282 cm³/mol. The van der Waals surface area contributed by atoms with Gasteiger partial charge in [0.25, 0.3) is 0 Å². The molecule has 2 aromatic heterocycles. The standard InChI is InChI=1S/C64H38F6N2/c65-63(66,67)45-27-19-39(20-28-45)61-52-32-24-42(44-26-34-60-54(36-44)50-16-8-10-18-58(50)72(60)48-13-5-2-6-14-48)38-56(52)62(40-21-29-46(30-22-40)64(68,69)70)51-31-23-41(37-55(51)61)43-25-33-59-53(35-43)49-15-7-9-17-57(49)71(59)47-11-3-1-4-12-47/h1-38H. The van der Waals surface area contributed by atoms with Crippen molar-refractivity contribution in [3.8, 4) is 55.9 Å². The third-order valence-corrected chi connectivity index (χ3v) is 14.2. The molecule has 0 aliphatic heterocycles. The van der Waals surface area contributed by atoms with E-state index in [1.54, 1.807) is 0 Å². The van der Waals surface area contributed by atoms with Gasteiger partial charge in [-0.15, -0.1) is 0 Å². The van der Waals surface area contributed by atoms with Crippen molar-refractivity contribution in [2.45, 2.75) is 12.4 Å². The molecule has 0 spiro atoms. The van der Waals surface area contributed by atoms with Gasteiger partial charge in [-0.25, -0.2) is 0 Å². The average molecular weight is 949 g/mol. The largest absolute Gasteiger partial charge is 0.416 e. The Morgan fingerprint density at radius 2 is 0.542 bits per heavy atom. The lowest BCUT2D eigenvalue weighted by Crippen LogP contribution is -2.04. The molecular weight excluding hydrogens is 911 g/mol. The van der Waals surface area contributed by atoms with Gasteiger partial charge in [-0.1, -0.05) is 133 Å². The Hall–Kier alpha value is -8.88. The highest BCUT2D eigenvalue weighted by atomic mass is 19.4. The number of rotatable bonds is 6. The maximum absolute atomic E-state index is 14.1. The molecule has 0 bridgehead atoms. The molecule has 11 aromatic carbocycles. The fourth-order valence-corrected chi connectivity index (χ4v) is 10.9. The third kappa shape index (κ3) is 7.04. The number of aromatic nitrogens is 2. The van der Waals surface area contributed by atoms with Gasteiger partial charge >= 0.3 is 12.4 Å². The molecule has 0 fully saturated rings. The molecule has 0 aliphatic rings. The van der Waals surface area contributed by atoms with E-state index in [1.807, 2.05) is 84.9 Å². The highest BCUT2D eigenvalue weighted by Crippen LogP contribution is 2.48. The summed E-state index contributed by atoms with van der Waals surface area (Å²) >= 11 is 0. The number of nitrogens with zero attached hydrogens (tertiary/aromatic N) is 2. The number of hydrogen-bond acceptors (Lipinski definition) is 0. The van der Waals surface area contributed by atoms with Gasteiger partial charge in [0, 0.05) is 32.9 Å². The van der Waals surface area contributed by atoms with E-state index in [0.29, 0.717) is 22.3 Å². The van der Waals surface area contributed by atoms with Crippen molar-refractivity contribution in [3.05, 3.63) is 242 Å². The molecule has 2 heterocycles. The van der Waals surface area contributed by atoms with Crippen LogP contribution in [0.15, 0.2) is 231 Å². The summed E-state index contributed by atoms with van der Waals surface area (Å²) in [7, 11) is 0. The van der Waals surface area contributed by atoms with Crippen molar-refractivity contribution in [3.63, 3.8) is 0 Å². The molecule has 13 aromatic rings. The van der Waals surface area contributed by atoms with Gasteiger partial charge in [-0.05, 0) is 163 Å². The summed E-state index contributed by atoms with van der Waals surface area (Å²) in [6, 6.07) is 72.3. The van der Waals surface area contributed by atoms with Crippen LogP contribution >= 0.6 is 0 Å². The van der Waals surface area contributed by atoms with Gasteiger partial charge < -0.3 is 9.13 Å². The van der Waals surface area contributed by atoms with Crippen molar-refractivity contribution in [2.75, 3.05) is 0 Å². The lowest BCUT2D eigenvalue weighted by atomic mass is 9.83. The minimum absolute atomic E-state index is 0.568. The van der Waals surface area contributed by atoms with Gasteiger partial charge in [-0.3, -0.25) is 0 Å². The van der Waals surface area contributed by atoms with E-state index in [1.165, 1.54) is 24.3 Å². The maximum Gasteiger partial charge on any atom is 0.416 e. The lowest BCUT2D eigenvalue weighted by Gasteiger charge is -2.20. The summed E-state index contributed by atoms with van der Waals surface area (Å²) in [5, 5.41) is 7.22. The summed E-state index contributed by atoms with van der Waals surface area (Å²) in [4.78, 5) is 0. The van der Waals surface area contributed by atoms with Crippen LogP contribution in [0.2, 0.25) is 0 Å². The molecule has 346 valence electrons. The van der Waals surface area contributed by atoms with E-state index in [4.69, 9.17) is 0 Å². The second-order valence-corrected chi connectivity index (χ2v) is 18.3. The van der Waals surface area contributed by atoms with E-state index < -0.39 is 23.5 Å². The summed E-state index contributed by atoms with van der Waals surface area (Å²) in [5.41, 5.74) is 10.9. The SMILES string of the molecule is FC(F)(F)c1ccc(-c2c3ccc(-c4ccc5c(c4)c4ccccc4n5-c4ccccc4)cc3c(-c3ccc(C(F)(F)F)cc3)c3ccc(-c4ccc5c(c4)c4ccccc4n5-c4ccccc4)cc23)cc1. The Bertz CT molecular complexity index is 3980. The van der Waals surface area contributed by atoms with Crippen LogP contribution in [0.4, 0.5) is 26.3 Å². The Morgan fingerprint density at radius 1 is 0.236 bits per heavy atom. The average Bonchev–Trinajstić information content (AvgIpc) is 3.92. The van der Waals surface area contributed by atoms with Crippen molar-refractivity contribution in [1.29, 1.82) is 0 Å². The van der Waals surface area contributed by atoms with Gasteiger partial charge in [-0.2, -0.15) is 26.3 Å². The molecule has 0 N–H and O–H groups in total. The Kier molecular flexibility index (Phi) is 9.80. The van der Waals surface area contributed by atoms with E-state index in [-0.39, 0.29) is 0 Å². The van der Waals surface area contributed by atoms with Gasteiger partial charge in [0.05, 0.1) is 33.2 Å². The zero-order valence-electron chi connectivity index (χ0n) is 38.1. The molecule has 0 aliphatic carbocycles. The molecule has 2 nitrogen and oxygen atoms in total. The first-order chi connectivity index (χ1) is 35.0. The van der Waals surface area contributed by atoms with Crippen molar-refractivity contribution >= 4 is 65.2 Å². The number of alkyl halides is 6. The highest BCUT2D eigenvalue weighted by molar-refractivity contribution is 6.23. The summed E-state index contributed by atoms with van der Waals surface area (Å²) in [6.07, 6.45) is -9.10. The first kappa shape index (κ1) is 43.2. The minimum Gasteiger partial charge on any atom is -0.309 e. The first-order valence-corrected chi connectivity index (χ1v) is 23.5. The molecule has 0 saturated heterocycles. The zero-order chi connectivity index (χ0) is 48.9. The molecule has 0 radical (unpaired) electrons. The highest BCUT2D eigenvalue weighted by Gasteiger charge is 2.32. The number of benzene rings is 11. The van der Waals surface area contributed by atoms with Crippen molar-refractivity contribution in [2.24, 2.45) is 0 Å². The molecular formula is C64H38F6N2. The Balaban J connectivity index is 1.07. The van der Waals surface area contributed by atoms with E-state index >= 15 is 0 Å². The summed E-state index contributed by atoms with van der Waals surface area (Å²) in [6.45, 7) is 0. The molecule has 13 rings (SSSR count). The fraction of sp³-hybridized carbons (Fsp3) is 0.0312. The molecule has 0 unspecified atom stereocenters. The van der Waals surface area contributed by atoms with Crippen molar-refractivity contribution < 1.29 is 26.3 Å². The van der Waals surface area contributed by atoms with Gasteiger partial charge in [0.1, 0.15) is 0 Å². The van der Waals surface area contributed by atoms with Gasteiger partial charge in [0.15, 0.2) is 0 Å². The molecule has 72 heavy (non-hydrogen) atoms. The predicted octanol–water partition coefficient (Wildman–Crippen LogP) is 18.9. The van der Waals surface area contributed by atoms with Crippen LogP contribution in [0.1, 0.15) is 11.1 Å². The molecule has 0 saturated carbocycles. The second-order valence-electron chi connectivity index (χ2n) is 18.3. The maximum atomic E-state index is 14.1. The Labute approximate surface area is 408 Å². The number of hydrogen-bond donors (Lipinski definition) is 0. The zero-order valence-corrected chi connectivity index (χ0v) is 38.1. The lowest BCUT2D eigenvalue weighted by molar-refractivity contribution is -0.138. The summed E-state index contributed by atoms with van der Waals surface area (Å²) < 4.78 is 89.2. The van der Waals surface area contributed by atoms with E-state index in [2.05, 4.69) is 106 Å². The fourth-order valence-electron chi connectivity index (χ4n) is 10.9. The number of para-hydroxylation sites is 4. The van der Waals surface area contributed by atoms with E-state index in [9.17, 15) is 26.3 Å². The normalized spacial score (nSPS) is 12.3. The topological polar surface area (TPSA) is 9.86 Å². The molecule has 0 amide bonds. The van der Waals surface area contributed by atoms with Crippen LogP contribution in [-0.2, 0) is 12.4 Å². The van der Waals surface area contributed by atoms with Crippen LogP contribution in [0.5, 0.6) is 0 Å². The quantitative estimate of drug-likeness (QED) is 0.116. The van der Waals surface area contributed by atoms with Crippen LogP contribution in [-0.4, -0.2) is 9.13 Å². The van der Waals surface area contributed by atoms with Gasteiger partial charge in [0.2, 0.25) is 0 Å². The van der Waals surface area contributed by atoms with Crippen molar-refractivity contribution in [1.82, 2.24) is 9.13 Å². The van der Waals surface area contributed by atoms with Crippen LogP contribution in [0.3, 0.4) is 0 Å². The number of halogens is 6. The summed E-state index contributed by atoms with van der Waals surface area (Å²) in [5.74, 6) is 0. The number of fused-ring (bicyclic) bond motifs is 8. The second kappa shape index (κ2) is 16.4. The third-order valence-electron chi connectivity index (χ3n) is 14.2. The van der Waals surface area contributed by atoms with E-state index in [0.717, 1.165) is 123 Å². The monoisotopic (exact) mass is 948 g/mol. The van der Waals surface area contributed by atoms with Crippen LogP contribution in [0, 0.1) is 0 Å². The van der Waals surface area contributed by atoms with Crippen LogP contribution in [0.25, 0.3) is 121 Å². The minimum atomic E-state index is -4.55. The first-order valence-electron chi connectivity index (χ1n) is 23.5.